The van der Waals surface area contributed by atoms with Crippen LogP contribution in [0.15, 0.2) is 48.5 Å². The molecule has 3 heteroatoms. The molecule has 1 aliphatic carbocycles. The van der Waals surface area contributed by atoms with Crippen LogP contribution in [0, 0.1) is 0 Å². The first kappa shape index (κ1) is 12.7. The number of rotatable bonds is 2. The number of nitrogens with one attached hydrogen (secondary N) is 1. The number of carbonyl (C=O) groups is 1. The summed E-state index contributed by atoms with van der Waals surface area (Å²) in [5.74, 6) is 0.690. The van der Waals surface area contributed by atoms with Gasteiger partial charge >= 0.3 is 6.09 Å². The van der Waals surface area contributed by atoms with Gasteiger partial charge in [0.15, 0.2) is 0 Å². The first-order valence-corrected chi connectivity index (χ1v) is 6.97. The lowest BCUT2D eigenvalue weighted by Crippen LogP contribution is -2.18. The Morgan fingerprint density at radius 2 is 1.75 bits per heavy atom. The Labute approximate surface area is 118 Å². The lowest BCUT2D eigenvalue weighted by molar-refractivity contribution is 0.214. The Morgan fingerprint density at radius 3 is 2.60 bits per heavy atom. The normalized spacial score (nSPS) is 13.4. The highest BCUT2D eigenvalue weighted by molar-refractivity contribution is 5.86. The van der Waals surface area contributed by atoms with Gasteiger partial charge in [-0.1, -0.05) is 30.3 Å². The summed E-state index contributed by atoms with van der Waals surface area (Å²) >= 11 is 0. The van der Waals surface area contributed by atoms with E-state index >= 15 is 0 Å². The molecule has 1 aliphatic rings. The van der Waals surface area contributed by atoms with Crippen LogP contribution in [0.5, 0.6) is 5.75 Å². The molecule has 0 atom stereocenters. The van der Waals surface area contributed by atoms with Crippen LogP contribution in [0.3, 0.4) is 0 Å². The van der Waals surface area contributed by atoms with Crippen molar-refractivity contribution in [3.63, 3.8) is 0 Å². The number of aryl methyl sites for hydroxylation is 1. The molecular weight excluding hydrogens is 250 g/mol. The molecule has 0 bridgehead atoms. The molecule has 102 valence electrons. The van der Waals surface area contributed by atoms with Crippen molar-refractivity contribution in [3.05, 3.63) is 59.7 Å². The quantitative estimate of drug-likeness (QED) is 0.886. The Bertz CT molecular complexity index is 608. The van der Waals surface area contributed by atoms with Crippen LogP contribution in [-0.4, -0.2) is 6.09 Å². The molecule has 20 heavy (non-hydrogen) atoms. The molecular formula is C17H17NO2. The van der Waals surface area contributed by atoms with Gasteiger partial charge in [-0.05, 0) is 55.0 Å². The van der Waals surface area contributed by atoms with Crippen LogP contribution in [0.4, 0.5) is 10.5 Å². The molecule has 0 unspecified atom stereocenters. The van der Waals surface area contributed by atoms with Crippen molar-refractivity contribution in [2.24, 2.45) is 0 Å². The van der Waals surface area contributed by atoms with Crippen molar-refractivity contribution in [2.75, 3.05) is 5.32 Å². The zero-order valence-corrected chi connectivity index (χ0v) is 11.3. The summed E-state index contributed by atoms with van der Waals surface area (Å²) in [6.45, 7) is 0. The van der Waals surface area contributed by atoms with Crippen molar-refractivity contribution >= 4 is 11.8 Å². The van der Waals surface area contributed by atoms with Crippen molar-refractivity contribution in [2.45, 2.75) is 25.7 Å². The van der Waals surface area contributed by atoms with Gasteiger partial charge in [0.2, 0.25) is 0 Å². The standard InChI is InChI=1S/C17H17NO2/c19-17(18-14-9-2-1-3-10-14)20-16-12-6-8-13-7-4-5-11-15(13)16/h1-3,6,8-10,12H,4-5,7,11H2,(H,18,19). The molecule has 2 aromatic carbocycles. The molecule has 0 saturated heterocycles. The van der Waals surface area contributed by atoms with Crippen LogP contribution in [-0.2, 0) is 12.8 Å². The van der Waals surface area contributed by atoms with Gasteiger partial charge in [0.1, 0.15) is 5.75 Å². The second-order valence-electron chi connectivity index (χ2n) is 4.98. The van der Waals surface area contributed by atoms with Gasteiger partial charge in [-0.15, -0.1) is 0 Å². The van der Waals surface area contributed by atoms with Gasteiger partial charge < -0.3 is 4.74 Å². The predicted molar refractivity (Wildman–Crippen MR) is 79.2 cm³/mol. The van der Waals surface area contributed by atoms with E-state index in [0.29, 0.717) is 5.75 Å². The van der Waals surface area contributed by atoms with Gasteiger partial charge in [-0.25, -0.2) is 4.79 Å². The molecule has 1 N–H and O–H groups in total. The van der Waals surface area contributed by atoms with Crippen molar-refractivity contribution in [1.29, 1.82) is 0 Å². The summed E-state index contributed by atoms with van der Waals surface area (Å²) in [6, 6.07) is 15.3. The van der Waals surface area contributed by atoms with E-state index in [4.69, 9.17) is 4.74 Å². The molecule has 0 aliphatic heterocycles. The first-order chi connectivity index (χ1) is 9.83. The fourth-order valence-electron chi connectivity index (χ4n) is 2.61. The van der Waals surface area contributed by atoms with E-state index in [9.17, 15) is 4.79 Å². The van der Waals surface area contributed by atoms with Gasteiger partial charge in [-0.3, -0.25) is 5.32 Å². The molecule has 3 rings (SSSR count). The van der Waals surface area contributed by atoms with Crippen molar-refractivity contribution in [1.82, 2.24) is 0 Å². The fraction of sp³-hybridized carbons (Fsp3) is 0.235. The second-order valence-corrected chi connectivity index (χ2v) is 4.98. The molecule has 0 heterocycles. The van der Waals surface area contributed by atoms with Crippen molar-refractivity contribution in [3.8, 4) is 5.75 Å². The van der Waals surface area contributed by atoms with Crippen LogP contribution in [0.2, 0.25) is 0 Å². The molecule has 0 aromatic heterocycles. The minimum Gasteiger partial charge on any atom is -0.410 e. The van der Waals surface area contributed by atoms with Crippen LogP contribution in [0.25, 0.3) is 0 Å². The molecule has 2 aromatic rings. The number of benzene rings is 2. The van der Waals surface area contributed by atoms with Crippen molar-refractivity contribution < 1.29 is 9.53 Å². The number of hydrogen-bond acceptors (Lipinski definition) is 2. The number of ether oxygens (including phenoxy) is 1. The minimum absolute atomic E-state index is 0.435. The molecule has 0 spiro atoms. The highest BCUT2D eigenvalue weighted by Crippen LogP contribution is 2.29. The van der Waals surface area contributed by atoms with Crippen LogP contribution in [0.1, 0.15) is 24.0 Å². The largest absolute Gasteiger partial charge is 0.417 e. The summed E-state index contributed by atoms with van der Waals surface area (Å²) in [5.41, 5.74) is 3.23. The Morgan fingerprint density at radius 1 is 0.950 bits per heavy atom. The van der Waals surface area contributed by atoms with Crippen LogP contribution >= 0.6 is 0 Å². The van der Waals surface area contributed by atoms with Gasteiger partial charge in [0, 0.05) is 5.69 Å². The molecule has 0 saturated carbocycles. The zero-order valence-electron chi connectivity index (χ0n) is 11.3. The predicted octanol–water partition coefficient (Wildman–Crippen LogP) is 4.18. The van der Waals surface area contributed by atoms with E-state index in [1.54, 1.807) is 0 Å². The lowest BCUT2D eigenvalue weighted by atomic mass is 9.91. The molecule has 0 radical (unpaired) electrons. The maximum atomic E-state index is 11.9. The summed E-state index contributed by atoms with van der Waals surface area (Å²) < 4.78 is 5.47. The third-order valence-electron chi connectivity index (χ3n) is 3.58. The first-order valence-electron chi connectivity index (χ1n) is 6.97. The second kappa shape index (κ2) is 5.78. The van der Waals surface area contributed by atoms with E-state index in [1.807, 2.05) is 42.5 Å². The van der Waals surface area contributed by atoms with E-state index < -0.39 is 6.09 Å². The fourth-order valence-corrected chi connectivity index (χ4v) is 2.61. The van der Waals surface area contributed by atoms with Gasteiger partial charge in [0.25, 0.3) is 0 Å². The number of anilines is 1. The lowest BCUT2D eigenvalue weighted by Gasteiger charge is -2.18. The zero-order chi connectivity index (χ0) is 13.8. The SMILES string of the molecule is O=C(Nc1ccccc1)Oc1cccc2c1CCCC2. The topological polar surface area (TPSA) is 38.3 Å². The van der Waals surface area contributed by atoms with E-state index in [0.717, 1.165) is 24.9 Å². The Balaban J connectivity index is 1.73. The van der Waals surface area contributed by atoms with E-state index in [2.05, 4.69) is 11.4 Å². The Kier molecular flexibility index (Phi) is 3.68. The third kappa shape index (κ3) is 2.82. The highest BCUT2D eigenvalue weighted by atomic mass is 16.6. The molecule has 3 nitrogen and oxygen atoms in total. The monoisotopic (exact) mass is 267 g/mol. The summed E-state index contributed by atoms with van der Waals surface area (Å²) in [4.78, 5) is 11.9. The number of amides is 1. The Hall–Kier alpha value is -2.29. The molecule has 0 fully saturated rings. The molecule has 1 amide bonds. The summed E-state index contributed by atoms with van der Waals surface area (Å²) in [7, 11) is 0. The van der Waals surface area contributed by atoms with E-state index in [-0.39, 0.29) is 0 Å². The number of hydrogen-bond donors (Lipinski definition) is 1. The maximum absolute atomic E-state index is 11.9. The van der Waals surface area contributed by atoms with Gasteiger partial charge in [-0.2, -0.15) is 0 Å². The maximum Gasteiger partial charge on any atom is 0.417 e. The highest BCUT2D eigenvalue weighted by Gasteiger charge is 2.15. The minimum atomic E-state index is -0.435. The van der Waals surface area contributed by atoms with E-state index in [1.165, 1.54) is 17.5 Å². The number of carbonyl (C=O) groups excluding carboxylic acids is 1. The smallest absolute Gasteiger partial charge is 0.410 e. The van der Waals surface area contributed by atoms with Gasteiger partial charge in [0.05, 0.1) is 0 Å². The average Bonchev–Trinajstić information content (AvgIpc) is 2.48. The van der Waals surface area contributed by atoms with Crippen LogP contribution < -0.4 is 10.1 Å². The average molecular weight is 267 g/mol. The number of fused-ring (bicyclic) bond motifs is 1. The summed E-state index contributed by atoms with van der Waals surface area (Å²) in [5, 5.41) is 2.74. The third-order valence-corrected chi connectivity index (χ3v) is 3.58. The number of para-hydroxylation sites is 1. The summed E-state index contributed by atoms with van der Waals surface area (Å²) in [6.07, 6.45) is 4.01.